The first-order valence-electron chi connectivity index (χ1n) is 8.56. The summed E-state index contributed by atoms with van der Waals surface area (Å²) in [6.45, 7) is 0.428. The number of ether oxygens (including phenoxy) is 2. The quantitative estimate of drug-likeness (QED) is 0.672. The Morgan fingerprint density at radius 3 is 2.62 bits per heavy atom. The van der Waals surface area contributed by atoms with Gasteiger partial charge in [0.2, 0.25) is 0 Å². The highest BCUT2D eigenvalue weighted by Gasteiger charge is 2.47. The van der Waals surface area contributed by atoms with Gasteiger partial charge in [0.25, 0.3) is 0 Å². The Kier molecular flexibility index (Phi) is 5.37. The van der Waals surface area contributed by atoms with Crippen LogP contribution in [0.25, 0.3) is 0 Å². The Morgan fingerprint density at radius 1 is 1.23 bits per heavy atom. The van der Waals surface area contributed by atoms with E-state index >= 15 is 0 Å². The third-order valence-corrected chi connectivity index (χ3v) is 4.62. The van der Waals surface area contributed by atoms with Gasteiger partial charge in [0.1, 0.15) is 11.4 Å². The number of furan rings is 1. The van der Waals surface area contributed by atoms with Crippen LogP contribution in [-0.2, 0) is 12.1 Å². The first-order chi connectivity index (χ1) is 12.6. The second kappa shape index (κ2) is 7.70. The van der Waals surface area contributed by atoms with E-state index in [-0.39, 0.29) is 18.5 Å². The van der Waals surface area contributed by atoms with Crippen molar-refractivity contribution in [2.45, 2.75) is 25.0 Å². The molecule has 1 unspecified atom stereocenters. The van der Waals surface area contributed by atoms with Crippen molar-refractivity contribution >= 4 is 6.03 Å². The highest BCUT2D eigenvalue weighted by Crippen LogP contribution is 2.45. The summed E-state index contributed by atoms with van der Waals surface area (Å²) in [5.74, 6) is 1.83. The van der Waals surface area contributed by atoms with Crippen LogP contribution in [0.5, 0.6) is 11.5 Å². The van der Waals surface area contributed by atoms with Crippen molar-refractivity contribution in [2.24, 2.45) is 5.92 Å². The van der Waals surface area contributed by atoms with Gasteiger partial charge in [-0.15, -0.1) is 0 Å². The summed E-state index contributed by atoms with van der Waals surface area (Å²) >= 11 is 0. The fourth-order valence-corrected chi connectivity index (χ4v) is 2.97. The number of rotatable bonds is 8. The highest BCUT2D eigenvalue weighted by atomic mass is 16.5. The number of carbonyl (C=O) groups is 1. The molecule has 26 heavy (non-hydrogen) atoms. The number of nitrogens with one attached hydrogen (secondary N) is 2. The SMILES string of the molecule is COc1ccc(CNC(=O)NCC(O)(c2ccco2)C2CC2)cc1OC. The number of methoxy groups -OCH3 is 2. The van der Waals surface area contributed by atoms with Crippen LogP contribution in [0.1, 0.15) is 24.2 Å². The maximum absolute atomic E-state index is 12.1. The molecule has 1 aromatic heterocycles. The van der Waals surface area contributed by atoms with Crippen molar-refractivity contribution in [1.82, 2.24) is 10.6 Å². The van der Waals surface area contributed by atoms with Gasteiger partial charge in [0, 0.05) is 6.54 Å². The largest absolute Gasteiger partial charge is 0.493 e. The van der Waals surface area contributed by atoms with E-state index in [1.165, 1.54) is 6.26 Å². The summed E-state index contributed by atoms with van der Waals surface area (Å²) < 4.78 is 15.8. The first kappa shape index (κ1) is 18.1. The van der Waals surface area contributed by atoms with Crippen molar-refractivity contribution < 1.29 is 23.8 Å². The summed E-state index contributed by atoms with van der Waals surface area (Å²) in [7, 11) is 3.14. The Morgan fingerprint density at radius 2 is 2.00 bits per heavy atom. The number of hydrogen-bond donors (Lipinski definition) is 3. The van der Waals surface area contributed by atoms with Gasteiger partial charge in [-0.3, -0.25) is 0 Å². The van der Waals surface area contributed by atoms with Gasteiger partial charge in [-0.25, -0.2) is 4.79 Å². The van der Waals surface area contributed by atoms with Gasteiger partial charge in [0.05, 0.1) is 27.0 Å². The summed E-state index contributed by atoms with van der Waals surface area (Å²) in [5, 5.41) is 16.4. The number of benzene rings is 1. The van der Waals surface area contributed by atoms with Crippen LogP contribution in [0.2, 0.25) is 0 Å². The molecule has 1 atom stereocenters. The van der Waals surface area contributed by atoms with Gasteiger partial charge >= 0.3 is 6.03 Å². The van der Waals surface area contributed by atoms with Gasteiger partial charge in [-0.1, -0.05) is 6.07 Å². The molecule has 0 bridgehead atoms. The molecule has 0 aliphatic heterocycles. The standard InChI is InChI=1S/C19H24N2O5/c1-24-15-8-5-13(10-16(15)25-2)11-20-18(22)21-12-19(23,14-6-7-14)17-4-3-9-26-17/h3-5,8-10,14,23H,6-7,11-12H2,1-2H3,(H2,20,21,22). The van der Waals surface area contributed by atoms with E-state index in [1.807, 2.05) is 12.1 Å². The zero-order chi connectivity index (χ0) is 18.6. The Labute approximate surface area is 152 Å². The van der Waals surface area contributed by atoms with Crippen LogP contribution in [-0.4, -0.2) is 31.9 Å². The molecule has 0 spiro atoms. The highest BCUT2D eigenvalue weighted by molar-refractivity contribution is 5.74. The summed E-state index contributed by atoms with van der Waals surface area (Å²) in [6.07, 6.45) is 3.37. The smallest absolute Gasteiger partial charge is 0.315 e. The van der Waals surface area contributed by atoms with E-state index in [1.54, 1.807) is 32.4 Å². The van der Waals surface area contributed by atoms with E-state index in [2.05, 4.69) is 10.6 Å². The lowest BCUT2D eigenvalue weighted by molar-refractivity contribution is -0.00449. The number of carbonyl (C=O) groups excluding carboxylic acids is 1. The van der Waals surface area contributed by atoms with E-state index in [9.17, 15) is 9.90 Å². The van der Waals surface area contributed by atoms with Crippen molar-refractivity contribution in [3.05, 3.63) is 47.9 Å². The van der Waals surface area contributed by atoms with E-state index in [0.717, 1.165) is 18.4 Å². The minimum atomic E-state index is -1.16. The minimum Gasteiger partial charge on any atom is -0.493 e. The zero-order valence-corrected chi connectivity index (χ0v) is 15.0. The Hall–Kier alpha value is -2.67. The van der Waals surface area contributed by atoms with Crippen LogP contribution in [0.3, 0.4) is 0 Å². The molecule has 1 heterocycles. The summed E-state index contributed by atoms with van der Waals surface area (Å²) in [6, 6.07) is 8.57. The Bertz CT molecular complexity index is 742. The number of hydrogen-bond acceptors (Lipinski definition) is 5. The number of amides is 2. The van der Waals surface area contributed by atoms with Crippen LogP contribution >= 0.6 is 0 Å². The lowest BCUT2D eigenvalue weighted by Crippen LogP contribution is -2.45. The molecule has 2 aromatic rings. The normalized spacial score (nSPS) is 15.8. The fraction of sp³-hybridized carbons (Fsp3) is 0.421. The molecular weight excluding hydrogens is 336 g/mol. The van der Waals surface area contributed by atoms with Gasteiger partial charge in [0.15, 0.2) is 11.5 Å². The second-order valence-electron chi connectivity index (χ2n) is 6.40. The van der Waals surface area contributed by atoms with Crippen molar-refractivity contribution in [3.8, 4) is 11.5 Å². The number of urea groups is 1. The topological polar surface area (TPSA) is 93.0 Å². The fourth-order valence-electron chi connectivity index (χ4n) is 2.97. The molecule has 7 heteroatoms. The molecule has 0 saturated heterocycles. The van der Waals surface area contributed by atoms with E-state index in [4.69, 9.17) is 13.9 Å². The second-order valence-corrected chi connectivity index (χ2v) is 6.40. The average Bonchev–Trinajstić information content (AvgIpc) is 3.38. The molecule has 7 nitrogen and oxygen atoms in total. The van der Waals surface area contributed by atoms with E-state index in [0.29, 0.717) is 23.8 Å². The molecule has 140 valence electrons. The molecule has 0 radical (unpaired) electrons. The predicted octanol–water partition coefficient (Wildman–Crippen LogP) is 2.39. The molecule has 1 fully saturated rings. The molecule has 3 N–H and O–H groups in total. The third kappa shape index (κ3) is 3.94. The average molecular weight is 360 g/mol. The molecule has 2 amide bonds. The predicted molar refractivity (Wildman–Crippen MR) is 95.1 cm³/mol. The monoisotopic (exact) mass is 360 g/mol. The van der Waals surface area contributed by atoms with Crippen LogP contribution in [0.15, 0.2) is 41.0 Å². The molecule has 3 rings (SSSR count). The zero-order valence-electron chi connectivity index (χ0n) is 15.0. The van der Waals surface area contributed by atoms with Crippen LogP contribution in [0.4, 0.5) is 4.79 Å². The summed E-state index contributed by atoms with van der Waals surface area (Å²) in [5.41, 5.74) is -0.286. The molecule has 1 aliphatic rings. The van der Waals surface area contributed by atoms with Crippen molar-refractivity contribution in [3.63, 3.8) is 0 Å². The number of aliphatic hydroxyl groups is 1. The maximum atomic E-state index is 12.1. The Balaban J connectivity index is 1.54. The lowest BCUT2D eigenvalue weighted by atomic mass is 9.94. The van der Waals surface area contributed by atoms with Gasteiger partial charge < -0.3 is 29.6 Å². The summed E-state index contributed by atoms with van der Waals surface area (Å²) in [4.78, 5) is 12.1. The maximum Gasteiger partial charge on any atom is 0.315 e. The lowest BCUT2D eigenvalue weighted by Gasteiger charge is -2.26. The minimum absolute atomic E-state index is 0.100. The van der Waals surface area contributed by atoms with Gasteiger partial charge in [-0.2, -0.15) is 0 Å². The van der Waals surface area contributed by atoms with Gasteiger partial charge in [-0.05, 0) is 48.6 Å². The van der Waals surface area contributed by atoms with Crippen LogP contribution in [0, 0.1) is 5.92 Å². The molecule has 1 aliphatic carbocycles. The van der Waals surface area contributed by atoms with Crippen molar-refractivity contribution in [1.29, 1.82) is 0 Å². The van der Waals surface area contributed by atoms with E-state index < -0.39 is 5.60 Å². The van der Waals surface area contributed by atoms with Crippen LogP contribution < -0.4 is 20.1 Å². The molecular formula is C19H24N2O5. The molecule has 1 saturated carbocycles. The molecule has 1 aromatic carbocycles. The van der Waals surface area contributed by atoms with Crippen molar-refractivity contribution in [2.75, 3.05) is 20.8 Å². The third-order valence-electron chi connectivity index (χ3n) is 4.62. The first-order valence-corrected chi connectivity index (χ1v) is 8.56.